The first-order valence-corrected chi connectivity index (χ1v) is 6.98. The van der Waals surface area contributed by atoms with Crippen LogP contribution in [-0.4, -0.2) is 21.7 Å². The van der Waals surface area contributed by atoms with E-state index in [4.69, 9.17) is 4.52 Å². The molecule has 0 aliphatic carbocycles. The molecule has 0 aliphatic heterocycles. The molecule has 92 valence electrons. The zero-order valence-electron chi connectivity index (χ0n) is 9.26. The van der Waals surface area contributed by atoms with Crippen molar-refractivity contribution in [1.82, 2.24) is 15.1 Å². The first kappa shape index (κ1) is 11.6. The Morgan fingerprint density at radius 2 is 2.33 bits per heavy atom. The van der Waals surface area contributed by atoms with Crippen LogP contribution in [0.5, 0.6) is 0 Å². The number of halogens is 1. The van der Waals surface area contributed by atoms with Crippen LogP contribution in [0.25, 0.3) is 10.2 Å². The van der Waals surface area contributed by atoms with Gasteiger partial charge >= 0.3 is 0 Å². The first-order chi connectivity index (χ1) is 8.81. The minimum absolute atomic E-state index is 0.631. The van der Waals surface area contributed by atoms with Gasteiger partial charge in [0.1, 0.15) is 0 Å². The molecule has 18 heavy (non-hydrogen) atoms. The molecule has 0 fully saturated rings. The molecule has 0 spiro atoms. The number of nitrogens with zero attached hydrogens (tertiary/aromatic N) is 3. The van der Waals surface area contributed by atoms with Gasteiger partial charge in [-0.1, -0.05) is 32.4 Å². The first-order valence-electron chi connectivity index (χ1n) is 5.37. The molecule has 5 nitrogen and oxygen atoms in total. The molecule has 1 N–H and O–H groups in total. The van der Waals surface area contributed by atoms with Gasteiger partial charge in [0.05, 0.1) is 10.2 Å². The van der Waals surface area contributed by atoms with E-state index in [0.29, 0.717) is 12.3 Å². The quantitative estimate of drug-likeness (QED) is 0.798. The van der Waals surface area contributed by atoms with E-state index >= 15 is 0 Å². The van der Waals surface area contributed by atoms with E-state index < -0.39 is 0 Å². The molecule has 0 radical (unpaired) electrons. The summed E-state index contributed by atoms with van der Waals surface area (Å²) in [7, 11) is 0. The van der Waals surface area contributed by atoms with Crippen molar-refractivity contribution in [1.29, 1.82) is 0 Å². The number of hydrogen-bond donors (Lipinski definition) is 1. The van der Waals surface area contributed by atoms with Gasteiger partial charge in [0.25, 0.3) is 0 Å². The van der Waals surface area contributed by atoms with E-state index in [9.17, 15) is 0 Å². The summed E-state index contributed by atoms with van der Waals surface area (Å²) < 4.78 is 7.13. The number of fused-ring (bicyclic) bond motifs is 1. The second-order valence-corrected chi connectivity index (χ2v) is 5.59. The van der Waals surface area contributed by atoms with Crippen LogP contribution >= 0.6 is 27.3 Å². The second kappa shape index (κ2) is 5.03. The van der Waals surface area contributed by atoms with Gasteiger partial charge in [0, 0.05) is 17.4 Å². The van der Waals surface area contributed by atoms with Crippen molar-refractivity contribution in [3.05, 3.63) is 34.9 Å². The van der Waals surface area contributed by atoms with Crippen LogP contribution in [-0.2, 0) is 6.42 Å². The zero-order valence-corrected chi connectivity index (χ0v) is 11.7. The molecule has 7 heteroatoms. The van der Waals surface area contributed by atoms with Crippen molar-refractivity contribution in [3.63, 3.8) is 0 Å². The van der Waals surface area contributed by atoms with Crippen LogP contribution in [0, 0.1) is 0 Å². The summed E-state index contributed by atoms with van der Waals surface area (Å²) in [6.07, 6.45) is 2.10. The summed E-state index contributed by atoms with van der Waals surface area (Å²) in [4.78, 5) is 8.46. The monoisotopic (exact) mass is 324 g/mol. The van der Waals surface area contributed by atoms with Crippen molar-refractivity contribution in [2.24, 2.45) is 0 Å². The molecule has 0 amide bonds. The lowest BCUT2D eigenvalue weighted by molar-refractivity contribution is 0.380. The van der Waals surface area contributed by atoms with Gasteiger partial charge in [0.15, 0.2) is 11.5 Å². The third-order valence-electron chi connectivity index (χ3n) is 2.37. The number of nitrogens with one attached hydrogen (secondary N) is 1. The zero-order chi connectivity index (χ0) is 12.4. The molecular formula is C11H9BrN4OS. The van der Waals surface area contributed by atoms with Crippen LogP contribution in [0.4, 0.5) is 5.13 Å². The van der Waals surface area contributed by atoms with Gasteiger partial charge in [-0.2, -0.15) is 4.98 Å². The molecule has 0 bridgehead atoms. The third kappa shape index (κ3) is 2.51. The van der Waals surface area contributed by atoms with Crippen LogP contribution in [0.2, 0.25) is 0 Å². The molecule has 0 saturated heterocycles. The molecule has 3 aromatic rings. The topological polar surface area (TPSA) is 63.8 Å². The van der Waals surface area contributed by atoms with Crippen LogP contribution in [0.15, 0.2) is 33.5 Å². The Balaban J connectivity index is 1.67. The van der Waals surface area contributed by atoms with Crippen LogP contribution in [0.1, 0.15) is 5.89 Å². The maximum atomic E-state index is 4.92. The average Bonchev–Trinajstić information content (AvgIpc) is 2.97. The summed E-state index contributed by atoms with van der Waals surface area (Å²) >= 11 is 5.07. The van der Waals surface area contributed by atoms with Gasteiger partial charge < -0.3 is 9.84 Å². The van der Waals surface area contributed by atoms with Crippen molar-refractivity contribution < 1.29 is 4.52 Å². The molecule has 2 aromatic heterocycles. The maximum Gasteiger partial charge on any atom is 0.228 e. The molecule has 0 aliphatic rings. The minimum atomic E-state index is 0.631. The van der Waals surface area contributed by atoms with Crippen molar-refractivity contribution >= 4 is 42.6 Å². The van der Waals surface area contributed by atoms with E-state index in [1.165, 1.54) is 11.0 Å². The highest BCUT2D eigenvalue weighted by Gasteiger charge is 2.04. The van der Waals surface area contributed by atoms with Gasteiger partial charge in [0.2, 0.25) is 5.89 Å². The molecule has 0 atom stereocenters. The van der Waals surface area contributed by atoms with Gasteiger partial charge in [-0.05, 0) is 18.2 Å². The largest absolute Gasteiger partial charge is 0.361 e. The van der Waals surface area contributed by atoms with E-state index in [2.05, 4.69) is 42.4 Å². The Morgan fingerprint density at radius 3 is 3.17 bits per heavy atom. The lowest BCUT2D eigenvalue weighted by Gasteiger charge is -1.97. The highest BCUT2D eigenvalue weighted by molar-refractivity contribution is 9.10. The number of anilines is 1. The SMILES string of the molecule is Brc1ccc2sc(NCCc3ncno3)nc2c1. The Kier molecular flexibility index (Phi) is 3.24. The van der Waals surface area contributed by atoms with Crippen molar-refractivity contribution in [2.75, 3.05) is 11.9 Å². The average molecular weight is 325 g/mol. The minimum Gasteiger partial charge on any atom is -0.361 e. The van der Waals surface area contributed by atoms with Gasteiger partial charge in [-0.15, -0.1) is 0 Å². The number of aromatic nitrogens is 3. The smallest absolute Gasteiger partial charge is 0.228 e. The third-order valence-corrected chi connectivity index (χ3v) is 3.86. The fourth-order valence-corrected chi connectivity index (χ4v) is 2.78. The van der Waals surface area contributed by atoms with E-state index in [1.807, 2.05) is 12.1 Å². The number of benzene rings is 1. The second-order valence-electron chi connectivity index (χ2n) is 3.64. The molecule has 0 saturated carbocycles. The van der Waals surface area contributed by atoms with Crippen molar-refractivity contribution in [3.8, 4) is 0 Å². The fraction of sp³-hybridized carbons (Fsp3) is 0.182. The normalized spacial score (nSPS) is 10.9. The predicted octanol–water partition coefficient (Wildman–Crippen LogP) is 3.10. The standard InChI is InChI=1S/C11H9BrN4OS/c12-7-1-2-9-8(5-7)16-11(18-9)13-4-3-10-14-6-15-17-10/h1-2,5-6H,3-4H2,(H,13,16). The fourth-order valence-electron chi connectivity index (χ4n) is 1.56. The van der Waals surface area contributed by atoms with Gasteiger partial charge in [-0.25, -0.2) is 4.98 Å². The van der Waals surface area contributed by atoms with E-state index in [1.54, 1.807) is 11.3 Å². The Bertz CT molecular complexity index is 652. The summed E-state index contributed by atoms with van der Waals surface area (Å²) in [5, 5.41) is 7.72. The molecule has 0 unspecified atom stereocenters. The summed E-state index contributed by atoms with van der Waals surface area (Å²) in [5.41, 5.74) is 0.995. The lowest BCUT2D eigenvalue weighted by atomic mass is 10.3. The van der Waals surface area contributed by atoms with Crippen LogP contribution in [0.3, 0.4) is 0 Å². The van der Waals surface area contributed by atoms with Crippen LogP contribution < -0.4 is 5.32 Å². The maximum absolute atomic E-state index is 4.92. The Labute approximate surface area is 115 Å². The molecule has 1 aromatic carbocycles. The van der Waals surface area contributed by atoms with E-state index in [0.717, 1.165) is 21.7 Å². The van der Waals surface area contributed by atoms with E-state index in [-0.39, 0.29) is 0 Å². The number of thiazole rings is 1. The predicted molar refractivity (Wildman–Crippen MR) is 73.8 cm³/mol. The summed E-state index contributed by atoms with van der Waals surface area (Å²) in [5.74, 6) is 0.631. The summed E-state index contributed by atoms with van der Waals surface area (Å²) in [6.45, 7) is 0.725. The van der Waals surface area contributed by atoms with Gasteiger partial charge in [-0.3, -0.25) is 0 Å². The Morgan fingerprint density at radius 1 is 1.39 bits per heavy atom. The summed E-state index contributed by atoms with van der Waals surface area (Å²) in [6, 6.07) is 6.08. The highest BCUT2D eigenvalue weighted by Crippen LogP contribution is 2.27. The Hall–Kier alpha value is -1.47. The number of hydrogen-bond acceptors (Lipinski definition) is 6. The molecule has 2 heterocycles. The molecular weight excluding hydrogens is 316 g/mol. The van der Waals surface area contributed by atoms with Crippen molar-refractivity contribution in [2.45, 2.75) is 6.42 Å². The lowest BCUT2D eigenvalue weighted by Crippen LogP contribution is -2.04. The highest BCUT2D eigenvalue weighted by atomic mass is 79.9. The molecule has 3 rings (SSSR count). The number of rotatable bonds is 4.